The van der Waals surface area contributed by atoms with Gasteiger partial charge in [-0.25, -0.2) is 4.79 Å². The van der Waals surface area contributed by atoms with Gasteiger partial charge in [0.1, 0.15) is 5.70 Å². The molecule has 76 valence electrons. The number of allylic oxidation sites excluding steroid dienone is 1. The summed E-state index contributed by atoms with van der Waals surface area (Å²) >= 11 is 1.49. The Bertz CT molecular complexity index is 350. The summed E-state index contributed by atoms with van der Waals surface area (Å²) in [5.41, 5.74) is 0.176. The number of carboxylic acids is 1. The molecule has 0 aliphatic carbocycles. The number of nitrogens with zero attached hydrogens (tertiary/aromatic N) is 1. The molecule has 1 saturated heterocycles. The molecule has 0 aromatic rings. The molecule has 1 unspecified atom stereocenters. The molecule has 2 aliphatic rings. The summed E-state index contributed by atoms with van der Waals surface area (Å²) in [4.78, 5) is 24.6. The number of carbonyl (C=O) groups excluding carboxylic acids is 1. The normalized spacial score (nSPS) is 30.4. The number of carbonyl (C=O) groups is 2. The Balaban J connectivity index is 2.27. The second-order valence-corrected chi connectivity index (χ2v) is 4.77. The lowest BCUT2D eigenvalue weighted by atomic mass is 9.94. The molecular weight excluding hydrogens is 202 g/mol. The van der Waals surface area contributed by atoms with Gasteiger partial charge in [0.25, 0.3) is 0 Å². The maximum absolute atomic E-state index is 11.5. The van der Waals surface area contributed by atoms with E-state index in [0.717, 1.165) is 11.3 Å². The number of aliphatic carboxylic acids is 1. The van der Waals surface area contributed by atoms with Gasteiger partial charge in [-0.15, -0.1) is 11.8 Å². The molecule has 2 heterocycles. The van der Waals surface area contributed by atoms with Crippen LogP contribution >= 0.6 is 11.8 Å². The van der Waals surface area contributed by atoms with Crippen LogP contribution in [0, 0.1) is 5.92 Å². The molecular formula is C9H11NO3S. The van der Waals surface area contributed by atoms with Gasteiger partial charge in [0.15, 0.2) is 0 Å². The summed E-state index contributed by atoms with van der Waals surface area (Å²) in [5, 5.41) is 8.96. The van der Waals surface area contributed by atoms with Crippen LogP contribution in [0.25, 0.3) is 0 Å². The Hall–Kier alpha value is -0.970. The Kier molecular flexibility index (Phi) is 2.06. The zero-order valence-corrected chi connectivity index (χ0v) is 8.80. The average molecular weight is 213 g/mol. The van der Waals surface area contributed by atoms with E-state index in [-0.39, 0.29) is 22.9 Å². The number of β-lactam (4-membered cyclic amide) rings is 1. The fourth-order valence-corrected chi connectivity index (χ4v) is 3.38. The molecule has 0 spiro atoms. The second kappa shape index (κ2) is 3.02. The van der Waals surface area contributed by atoms with Crippen molar-refractivity contribution in [3.05, 3.63) is 10.6 Å². The zero-order chi connectivity index (χ0) is 10.5. The third-order valence-corrected chi connectivity index (χ3v) is 4.00. The molecule has 1 amide bonds. The van der Waals surface area contributed by atoms with Crippen molar-refractivity contribution in [2.45, 2.75) is 25.6 Å². The van der Waals surface area contributed by atoms with E-state index in [1.807, 2.05) is 6.92 Å². The Morgan fingerprint density at radius 1 is 1.64 bits per heavy atom. The first-order chi connectivity index (χ1) is 6.57. The first-order valence-corrected chi connectivity index (χ1v) is 5.39. The topological polar surface area (TPSA) is 57.6 Å². The van der Waals surface area contributed by atoms with E-state index in [0.29, 0.717) is 0 Å². The molecule has 14 heavy (non-hydrogen) atoms. The molecule has 2 atom stereocenters. The fourth-order valence-electron chi connectivity index (χ4n) is 1.93. The third-order valence-electron chi connectivity index (χ3n) is 2.67. The first-order valence-electron chi connectivity index (χ1n) is 4.51. The quantitative estimate of drug-likeness (QED) is 0.701. The SMILES string of the molecule is CCC1C(=O)N2C(C(=O)O)=C(C)S[C@H]12. The van der Waals surface area contributed by atoms with Crippen molar-refractivity contribution < 1.29 is 14.7 Å². The summed E-state index contributed by atoms with van der Waals surface area (Å²) < 4.78 is 0. The van der Waals surface area contributed by atoms with Crippen LogP contribution in [0.2, 0.25) is 0 Å². The monoisotopic (exact) mass is 213 g/mol. The van der Waals surface area contributed by atoms with Crippen molar-refractivity contribution in [3.8, 4) is 0 Å². The summed E-state index contributed by atoms with van der Waals surface area (Å²) in [6.45, 7) is 3.71. The van der Waals surface area contributed by atoms with Gasteiger partial charge in [0.2, 0.25) is 5.91 Å². The molecule has 2 rings (SSSR count). The Morgan fingerprint density at radius 2 is 2.29 bits per heavy atom. The second-order valence-electron chi connectivity index (χ2n) is 3.44. The molecule has 0 aromatic heterocycles. The first kappa shape index (κ1) is 9.58. The molecule has 1 N–H and O–H groups in total. The van der Waals surface area contributed by atoms with Crippen LogP contribution < -0.4 is 0 Å². The lowest BCUT2D eigenvalue weighted by Gasteiger charge is -2.41. The van der Waals surface area contributed by atoms with E-state index in [4.69, 9.17) is 5.11 Å². The summed E-state index contributed by atoms with van der Waals surface area (Å²) in [5.74, 6) is -1.04. The lowest BCUT2D eigenvalue weighted by Crippen LogP contribution is -2.56. The van der Waals surface area contributed by atoms with Crippen molar-refractivity contribution in [1.82, 2.24) is 4.90 Å². The molecule has 0 saturated carbocycles. The van der Waals surface area contributed by atoms with Crippen molar-refractivity contribution >= 4 is 23.6 Å². The molecule has 4 nitrogen and oxygen atoms in total. The van der Waals surface area contributed by atoms with Crippen LogP contribution in [0.4, 0.5) is 0 Å². The highest BCUT2D eigenvalue weighted by Crippen LogP contribution is 2.49. The number of amides is 1. The molecule has 1 fully saturated rings. The van der Waals surface area contributed by atoms with Crippen molar-refractivity contribution in [2.24, 2.45) is 5.92 Å². The van der Waals surface area contributed by atoms with Gasteiger partial charge in [0.05, 0.1) is 11.3 Å². The van der Waals surface area contributed by atoms with Crippen LogP contribution in [0.5, 0.6) is 0 Å². The Labute approximate surface area is 86.0 Å². The van der Waals surface area contributed by atoms with E-state index >= 15 is 0 Å². The fraction of sp³-hybridized carbons (Fsp3) is 0.556. The van der Waals surface area contributed by atoms with Gasteiger partial charge < -0.3 is 5.11 Å². The zero-order valence-electron chi connectivity index (χ0n) is 7.98. The van der Waals surface area contributed by atoms with Gasteiger partial charge in [0, 0.05) is 4.91 Å². The van der Waals surface area contributed by atoms with Gasteiger partial charge in [-0.3, -0.25) is 9.69 Å². The minimum atomic E-state index is -1.000. The standard InChI is InChI=1S/C9H11NO3S/c1-3-5-7(11)10-6(9(12)13)4(2)14-8(5)10/h5,8H,3H2,1-2H3,(H,12,13)/t5?,8-/m1/s1. The number of rotatable bonds is 2. The van der Waals surface area contributed by atoms with Crippen LogP contribution in [-0.2, 0) is 9.59 Å². The van der Waals surface area contributed by atoms with Crippen molar-refractivity contribution in [2.75, 3.05) is 0 Å². The minimum absolute atomic E-state index is 0.00630. The minimum Gasteiger partial charge on any atom is -0.477 e. The lowest BCUT2D eigenvalue weighted by molar-refractivity contribution is -0.151. The maximum atomic E-state index is 11.5. The van der Waals surface area contributed by atoms with Crippen LogP contribution in [0.1, 0.15) is 20.3 Å². The summed E-state index contributed by atoms with van der Waals surface area (Å²) in [6, 6.07) is 0. The van der Waals surface area contributed by atoms with Gasteiger partial charge in [-0.2, -0.15) is 0 Å². The van der Waals surface area contributed by atoms with Crippen LogP contribution in [-0.4, -0.2) is 27.3 Å². The van der Waals surface area contributed by atoms with Crippen LogP contribution in [0.3, 0.4) is 0 Å². The highest BCUT2D eigenvalue weighted by Gasteiger charge is 2.54. The number of hydrogen-bond donors (Lipinski definition) is 1. The summed E-state index contributed by atoms with van der Waals surface area (Å²) in [7, 11) is 0. The molecule has 2 aliphatic heterocycles. The number of hydrogen-bond acceptors (Lipinski definition) is 3. The average Bonchev–Trinajstić information content (AvgIpc) is 2.40. The van der Waals surface area contributed by atoms with Gasteiger partial charge >= 0.3 is 5.97 Å². The van der Waals surface area contributed by atoms with E-state index in [1.54, 1.807) is 6.92 Å². The molecule has 0 radical (unpaired) electrons. The molecule has 5 heteroatoms. The van der Waals surface area contributed by atoms with Crippen molar-refractivity contribution in [1.29, 1.82) is 0 Å². The summed E-state index contributed by atoms with van der Waals surface area (Å²) in [6.07, 6.45) is 0.785. The third kappa shape index (κ3) is 1.02. The number of fused-ring (bicyclic) bond motifs is 1. The van der Waals surface area contributed by atoms with E-state index in [1.165, 1.54) is 16.7 Å². The van der Waals surface area contributed by atoms with Crippen LogP contribution in [0.15, 0.2) is 10.6 Å². The van der Waals surface area contributed by atoms with Gasteiger partial charge in [-0.1, -0.05) is 6.92 Å². The highest BCUT2D eigenvalue weighted by molar-refractivity contribution is 8.04. The predicted molar refractivity (Wildman–Crippen MR) is 52.3 cm³/mol. The molecule has 0 bridgehead atoms. The smallest absolute Gasteiger partial charge is 0.353 e. The predicted octanol–water partition coefficient (Wildman–Crippen LogP) is 1.24. The van der Waals surface area contributed by atoms with E-state index < -0.39 is 5.97 Å². The largest absolute Gasteiger partial charge is 0.477 e. The van der Waals surface area contributed by atoms with Crippen molar-refractivity contribution in [3.63, 3.8) is 0 Å². The molecule has 0 aromatic carbocycles. The van der Waals surface area contributed by atoms with Gasteiger partial charge in [-0.05, 0) is 13.3 Å². The van der Waals surface area contributed by atoms with E-state index in [2.05, 4.69) is 0 Å². The Morgan fingerprint density at radius 3 is 2.79 bits per heavy atom. The highest BCUT2D eigenvalue weighted by atomic mass is 32.2. The maximum Gasteiger partial charge on any atom is 0.353 e. The number of carboxylic acid groups (broad SMARTS) is 1. The number of thioether (sulfide) groups is 1. The van der Waals surface area contributed by atoms with E-state index in [9.17, 15) is 9.59 Å².